The van der Waals surface area contributed by atoms with E-state index < -0.39 is 0 Å². The molecule has 0 spiro atoms. The van der Waals surface area contributed by atoms with Gasteiger partial charge in [0.15, 0.2) is 11.2 Å². The summed E-state index contributed by atoms with van der Waals surface area (Å²) in [5, 5.41) is 9.28. The van der Waals surface area contributed by atoms with Crippen molar-refractivity contribution in [2.24, 2.45) is 0 Å². The molecule has 0 saturated heterocycles. The zero-order valence-corrected chi connectivity index (χ0v) is 31.5. The molecule has 292 valence electrons. The second-order valence-corrected chi connectivity index (χ2v) is 13.2. The molecule has 0 aliphatic carbocycles. The van der Waals surface area contributed by atoms with Crippen molar-refractivity contribution in [3.63, 3.8) is 0 Å². The van der Waals surface area contributed by atoms with Gasteiger partial charge < -0.3 is 32.5 Å². The SMILES string of the molecule is O=c1cc(-c2ccccc2)oc2cc(OCCOCc3cn(CCOCCOc4cccc(-c5oc6ccccc6c(=O)c5OCc5ccccc5)c4)nn3)ccc12. The first-order chi connectivity index (χ1) is 28.6. The van der Waals surface area contributed by atoms with Gasteiger partial charge in [-0.15, -0.1) is 5.10 Å². The number of rotatable bonds is 18. The van der Waals surface area contributed by atoms with Crippen molar-refractivity contribution in [3.05, 3.63) is 171 Å². The van der Waals surface area contributed by atoms with Crippen LogP contribution in [0.1, 0.15) is 11.3 Å². The highest BCUT2D eigenvalue weighted by molar-refractivity contribution is 5.82. The first kappa shape index (κ1) is 37.9. The Bertz CT molecular complexity index is 2730. The first-order valence-corrected chi connectivity index (χ1v) is 18.8. The lowest BCUT2D eigenvalue weighted by molar-refractivity contribution is 0.0867. The molecule has 0 aliphatic rings. The Morgan fingerprint density at radius 1 is 0.569 bits per heavy atom. The summed E-state index contributed by atoms with van der Waals surface area (Å²) in [7, 11) is 0. The molecule has 8 aromatic rings. The van der Waals surface area contributed by atoms with E-state index >= 15 is 0 Å². The van der Waals surface area contributed by atoms with Crippen molar-refractivity contribution in [3.8, 4) is 39.9 Å². The molecule has 12 heteroatoms. The second kappa shape index (κ2) is 18.3. The van der Waals surface area contributed by atoms with Crippen LogP contribution in [0.3, 0.4) is 0 Å². The average Bonchev–Trinajstić information content (AvgIpc) is 3.72. The highest BCUT2D eigenvalue weighted by atomic mass is 16.5. The summed E-state index contributed by atoms with van der Waals surface area (Å²) in [6, 6.07) is 40.3. The van der Waals surface area contributed by atoms with Crippen LogP contribution in [0.5, 0.6) is 17.2 Å². The molecule has 3 aromatic heterocycles. The summed E-state index contributed by atoms with van der Waals surface area (Å²) in [5.41, 5.74) is 3.68. The molecule has 0 radical (unpaired) electrons. The Kier molecular flexibility index (Phi) is 11.9. The number of aromatic nitrogens is 3. The van der Waals surface area contributed by atoms with Crippen molar-refractivity contribution >= 4 is 21.9 Å². The molecule has 0 N–H and O–H groups in total. The minimum atomic E-state index is -0.237. The summed E-state index contributed by atoms with van der Waals surface area (Å²) < 4.78 is 43.4. The summed E-state index contributed by atoms with van der Waals surface area (Å²) >= 11 is 0. The third-order valence-corrected chi connectivity index (χ3v) is 9.13. The number of hydrogen-bond acceptors (Lipinski definition) is 11. The number of para-hydroxylation sites is 1. The average molecular weight is 778 g/mol. The Morgan fingerprint density at radius 2 is 1.31 bits per heavy atom. The quantitative estimate of drug-likeness (QED) is 0.0782. The molecule has 0 saturated carbocycles. The molecule has 0 fully saturated rings. The van der Waals surface area contributed by atoms with Crippen molar-refractivity contribution in [1.29, 1.82) is 0 Å². The maximum atomic E-state index is 13.5. The van der Waals surface area contributed by atoms with Crippen LogP contribution in [-0.4, -0.2) is 48.0 Å². The fraction of sp³-hybridized carbons (Fsp3) is 0.174. The van der Waals surface area contributed by atoms with E-state index in [1.165, 1.54) is 6.07 Å². The number of benzene rings is 5. The molecular formula is C46H39N3O9. The standard InChI is InChI=1S/C46H39N3O9/c50-40-28-42(33-12-5-2-6-13-33)57-43-27-37(18-19-38(40)43)55-25-23-53-31-35-29-49(48-47-35)20-21-52-22-24-54-36-15-9-14-34(26-36)45-46(56-30-32-10-3-1-4-11-32)44(51)39-16-7-8-17-41(39)58-45/h1-19,26-29H,20-25,30-31H2. The maximum absolute atomic E-state index is 13.5. The fourth-order valence-electron chi connectivity index (χ4n) is 6.26. The Balaban J connectivity index is 0.769. The lowest BCUT2D eigenvalue weighted by Crippen LogP contribution is -2.12. The van der Waals surface area contributed by atoms with Gasteiger partial charge in [-0.05, 0) is 42.0 Å². The number of ether oxygens (including phenoxy) is 5. The molecule has 3 heterocycles. The van der Waals surface area contributed by atoms with E-state index in [4.69, 9.17) is 32.5 Å². The normalized spacial score (nSPS) is 11.2. The van der Waals surface area contributed by atoms with Crippen LogP contribution in [0.2, 0.25) is 0 Å². The Morgan fingerprint density at radius 3 is 2.16 bits per heavy atom. The topological polar surface area (TPSA) is 137 Å². The van der Waals surface area contributed by atoms with E-state index in [2.05, 4.69) is 10.3 Å². The fourth-order valence-corrected chi connectivity index (χ4v) is 6.26. The second-order valence-electron chi connectivity index (χ2n) is 13.2. The minimum absolute atomic E-state index is 0.113. The van der Waals surface area contributed by atoms with Crippen molar-refractivity contribution in [2.45, 2.75) is 19.8 Å². The molecule has 0 atom stereocenters. The van der Waals surface area contributed by atoms with Gasteiger partial charge in [-0.2, -0.15) is 0 Å². The van der Waals surface area contributed by atoms with Crippen LogP contribution in [-0.2, 0) is 29.2 Å². The molecule has 5 aromatic carbocycles. The molecular weight excluding hydrogens is 739 g/mol. The van der Waals surface area contributed by atoms with Crippen LogP contribution >= 0.6 is 0 Å². The summed E-state index contributed by atoms with van der Waals surface area (Å²) in [6.45, 7) is 2.68. The van der Waals surface area contributed by atoms with Crippen LogP contribution in [0.15, 0.2) is 158 Å². The van der Waals surface area contributed by atoms with Gasteiger partial charge >= 0.3 is 0 Å². The summed E-state index contributed by atoms with van der Waals surface area (Å²) in [6.07, 6.45) is 1.81. The number of fused-ring (bicyclic) bond motifs is 2. The smallest absolute Gasteiger partial charge is 0.235 e. The first-order valence-electron chi connectivity index (χ1n) is 18.8. The molecule has 12 nitrogen and oxygen atoms in total. The van der Waals surface area contributed by atoms with Crippen molar-refractivity contribution < 1.29 is 32.5 Å². The third-order valence-electron chi connectivity index (χ3n) is 9.13. The van der Waals surface area contributed by atoms with Crippen LogP contribution in [0.4, 0.5) is 0 Å². The lowest BCUT2D eigenvalue weighted by Gasteiger charge is -2.13. The number of nitrogens with zero attached hydrogens (tertiary/aromatic N) is 3. The molecule has 0 amide bonds. The van der Waals surface area contributed by atoms with Crippen LogP contribution < -0.4 is 25.1 Å². The predicted octanol–water partition coefficient (Wildman–Crippen LogP) is 8.10. The van der Waals surface area contributed by atoms with Gasteiger partial charge in [0.2, 0.25) is 11.2 Å². The Hall–Kier alpha value is -7.02. The van der Waals surface area contributed by atoms with E-state index in [1.807, 2.05) is 97.2 Å². The van der Waals surface area contributed by atoms with Crippen molar-refractivity contribution in [2.75, 3.05) is 33.0 Å². The largest absolute Gasteiger partial charge is 0.491 e. The van der Waals surface area contributed by atoms with E-state index in [1.54, 1.807) is 41.1 Å². The van der Waals surface area contributed by atoms with E-state index in [9.17, 15) is 9.59 Å². The zero-order chi connectivity index (χ0) is 39.5. The highest BCUT2D eigenvalue weighted by Crippen LogP contribution is 2.33. The maximum Gasteiger partial charge on any atom is 0.235 e. The zero-order valence-electron chi connectivity index (χ0n) is 31.5. The van der Waals surface area contributed by atoms with Gasteiger partial charge in [-0.3, -0.25) is 9.59 Å². The molecule has 0 bridgehead atoms. The van der Waals surface area contributed by atoms with Crippen LogP contribution in [0, 0.1) is 0 Å². The van der Waals surface area contributed by atoms with E-state index in [0.717, 1.165) is 11.1 Å². The van der Waals surface area contributed by atoms with Gasteiger partial charge in [0, 0.05) is 23.3 Å². The highest BCUT2D eigenvalue weighted by Gasteiger charge is 2.19. The van der Waals surface area contributed by atoms with Gasteiger partial charge in [-0.25, -0.2) is 4.68 Å². The summed E-state index contributed by atoms with van der Waals surface area (Å²) in [5.74, 6) is 2.16. The van der Waals surface area contributed by atoms with Gasteiger partial charge in [0.25, 0.3) is 0 Å². The van der Waals surface area contributed by atoms with E-state index in [-0.39, 0.29) is 29.8 Å². The van der Waals surface area contributed by atoms with Crippen LogP contribution in [0.25, 0.3) is 44.6 Å². The molecule has 58 heavy (non-hydrogen) atoms. The van der Waals surface area contributed by atoms with Gasteiger partial charge in [0.05, 0.1) is 49.9 Å². The Labute approximate surface area is 332 Å². The van der Waals surface area contributed by atoms with Crippen molar-refractivity contribution in [1.82, 2.24) is 15.0 Å². The van der Waals surface area contributed by atoms with Gasteiger partial charge in [-0.1, -0.05) is 90.1 Å². The molecule has 0 unspecified atom stereocenters. The molecule has 8 rings (SSSR count). The minimum Gasteiger partial charge on any atom is -0.491 e. The third kappa shape index (κ3) is 9.32. The number of hydrogen-bond donors (Lipinski definition) is 0. The monoisotopic (exact) mass is 777 g/mol. The van der Waals surface area contributed by atoms with Gasteiger partial charge in [0.1, 0.15) is 53.9 Å². The lowest BCUT2D eigenvalue weighted by atomic mass is 10.1. The van der Waals surface area contributed by atoms with E-state index in [0.29, 0.717) is 95.8 Å². The molecule has 0 aliphatic heterocycles. The summed E-state index contributed by atoms with van der Waals surface area (Å²) in [4.78, 5) is 26.2. The predicted molar refractivity (Wildman–Crippen MR) is 218 cm³/mol.